The van der Waals surface area contributed by atoms with Crippen molar-refractivity contribution < 1.29 is 35.8 Å². The van der Waals surface area contributed by atoms with Gasteiger partial charge < -0.3 is 25.3 Å². The molecule has 2 atom stereocenters. The minimum absolute atomic E-state index is 0. The average molecular weight is 818 g/mol. The van der Waals surface area contributed by atoms with Gasteiger partial charge >= 0.3 is 6.09 Å². The number of ether oxygens (including phenoxy) is 3. The number of hydrogen-bond acceptors (Lipinski definition) is 11. The Morgan fingerprint density at radius 3 is 1.62 bits per heavy atom. The van der Waals surface area contributed by atoms with Crippen LogP contribution in [0, 0.1) is 0 Å². The van der Waals surface area contributed by atoms with Gasteiger partial charge in [0.05, 0.1) is 65.5 Å². The Balaban J connectivity index is 0.000000528. The highest BCUT2D eigenvalue weighted by atomic mass is 35.5. The number of nitrogens with zero attached hydrogens (tertiary/aromatic N) is 2. The molecule has 2 heterocycles. The first kappa shape index (κ1) is 47.9. The number of carbonyl (C=O) groups excluding carboxylic acids is 1. The van der Waals surface area contributed by atoms with E-state index in [9.17, 15) is 21.6 Å². The lowest BCUT2D eigenvalue weighted by Gasteiger charge is -2.24. The quantitative estimate of drug-likeness (QED) is 0.139. The summed E-state index contributed by atoms with van der Waals surface area (Å²) in [5, 5.41) is 4.43. The standard InChI is InChI=1S/C21H30N2O5S.C16H22N2O3S.2ClH/c1-15(2)27-12-18(23-20(24)28-21(3,4)5)14-29(25,26)13-16-10-17-8-6-7-9-19(17)22-11-16;1-12(2)21-9-15(17)11-22(19,20)10-13-7-14-5-3-4-6-16(14)18-8-13;;/h6-11,15,18H,12-14H2,1-5H3,(H,23,24);3-8,12,15H,9-11,17H2,1-2H3;2*1H/t18-;15-;;/m00../s1. The number of aromatic nitrogens is 2. The predicted molar refractivity (Wildman–Crippen MR) is 216 cm³/mol. The summed E-state index contributed by atoms with van der Waals surface area (Å²) in [5.74, 6) is -0.572. The fourth-order valence-electron chi connectivity index (χ4n) is 4.93. The Bertz CT molecular complexity index is 1960. The van der Waals surface area contributed by atoms with Crippen molar-refractivity contribution in [2.75, 3.05) is 24.7 Å². The van der Waals surface area contributed by atoms with Gasteiger partial charge in [-0.1, -0.05) is 36.4 Å². The third kappa shape index (κ3) is 18.7. The first-order valence-corrected chi connectivity index (χ1v) is 20.5. The van der Waals surface area contributed by atoms with Gasteiger partial charge in [0.2, 0.25) is 0 Å². The van der Waals surface area contributed by atoms with E-state index in [0.29, 0.717) is 11.1 Å². The molecule has 0 spiro atoms. The number of halogens is 2. The number of benzene rings is 2. The van der Waals surface area contributed by atoms with Crippen molar-refractivity contribution in [2.24, 2.45) is 5.73 Å². The minimum atomic E-state index is -3.53. The summed E-state index contributed by atoms with van der Waals surface area (Å²) in [6, 6.07) is 17.6. The maximum absolute atomic E-state index is 12.8. The third-order valence-electron chi connectivity index (χ3n) is 6.99. The van der Waals surface area contributed by atoms with Crippen LogP contribution in [0.3, 0.4) is 0 Å². The number of nitrogens with one attached hydrogen (secondary N) is 1. The van der Waals surface area contributed by atoms with E-state index in [1.165, 1.54) is 0 Å². The van der Waals surface area contributed by atoms with Gasteiger partial charge in [-0.2, -0.15) is 0 Å². The maximum atomic E-state index is 12.8. The molecular formula is C37H54Cl2N4O8S2. The number of rotatable bonds is 15. The second kappa shape index (κ2) is 21.7. The van der Waals surface area contributed by atoms with E-state index in [0.717, 1.165) is 21.8 Å². The van der Waals surface area contributed by atoms with Crippen molar-refractivity contribution in [3.63, 3.8) is 0 Å². The van der Waals surface area contributed by atoms with Gasteiger partial charge in [-0.15, -0.1) is 24.8 Å². The second-order valence-corrected chi connectivity index (χ2v) is 18.3. The summed E-state index contributed by atoms with van der Waals surface area (Å²) in [6.45, 7) is 13.0. The first-order chi connectivity index (χ1) is 23.8. The summed E-state index contributed by atoms with van der Waals surface area (Å²) in [5.41, 5.74) is 8.09. The van der Waals surface area contributed by atoms with Gasteiger partial charge in [0.25, 0.3) is 0 Å². The summed E-state index contributed by atoms with van der Waals surface area (Å²) in [7, 11) is -6.83. The van der Waals surface area contributed by atoms with Gasteiger partial charge in [-0.3, -0.25) is 9.97 Å². The minimum Gasteiger partial charge on any atom is -0.444 e. The number of alkyl carbamates (subject to hydrolysis) is 1. The monoisotopic (exact) mass is 816 g/mol. The summed E-state index contributed by atoms with van der Waals surface area (Å²) in [6.07, 6.45) is 2.46. The van der Waals surface area contributed by atoms with Crippen LogP contribution in [0.5, 0.6) is 0 Å². The molecule has 0 radical (unpaired) electrons. The van der Waals surface area contributed by atoms with Crippen molar-refractivity contribution in [3.8, 4) is 0 Å². The highest BCUT2D eigenvalue weighted by Crippen LogP contribution is 2.17. The molecule has 296 valence electrons. The SMILES string of the molecule is CC(C)OC[C@@H](CS(=O)(=O)Cc1cnc2ccccc2c1)NC(=O)OC(C)(C)C.CC(C)OC[C@H](N)CS(=O)(=O)Cc1cnc2ccccc2c1.Cl.Cl. The van der Waals surface area contributed by atoms with Crippen LogP contribution in [-0.4, -0.2) is 87.5 Å². The lowest BCUT2D eigenvalue weighted by molar-refractivity contribution is 0.0378. The molecule has 4 aromatic rings. The van der Waals surface area contributed by atoms with Crippen LogP contribution in [-0.2, 0) is 45.4 Å². The van der Waals surface area contributed by atoms with Gasteiger partial charge in [-0.05, 0) is 83.9 Å². The van der Waals surface area contributed by atoms with Gasteiger partial charge in [0.15, 0.2) is 19.7 Å². The lowest BCUT2D eigenvalue weighted by Crippen LogP contribution is -2.45. The fraction of sp³-hybridized carbons (Fsp3) is 0.486. The molecule has 0 bridgehead atoms. The van der Waals surface area contributed by atoms with E-state index in [4.69, 9.17) is 19.9 Å². The molecule has 3 N–H and O–H groups in total. The van der Waals surface area contributed by atoms with E-state index in [1.54, 1.807) is 33.2 Å². The number of hydrogen-bond donors (Lipinski definition) is 2. The molecule has 0 aliphatic carbocycles. The van der Waals surface area contributed by atoms with Gasteiger partial charge in [0.1, 0.15) is 5.60 Å². The zero-order valence-corrected chi connectivity index (χ0v) is 34.6. The lowest BCUT2D eigenvalue weighted by atomic mass is 10.2. The average Bonchev–Trinajstić information content (AvgIpc) is 3.01. The largest absolute Gasteiger partial charge is 0.444 e. The second-order valence-electron chi connectivity index (χ2n) is 14.0. The number of amides is 1. The molecule has 0 saturated heterocycles. The molecule has 4 rings (SSSR count). The molecule has 0 fully saturated rings. The number of pyridine rings is 2. The van der Waals surface area contributed by atoms with Crippen LogP contribution in [0.4, 0.5) is 4.79 Å². The zero-order valence-electron chi connectivity index (χ0n) is 31.4. The third-order valence-corrected chi connectivity index (χ3v) is 10.4. The Kier molecular flexibility index (Phi) is 19.6. The van der Waals surface area contributed by atoms with Crippen molar-refractivity contribution >= 4 is 72.4 Å². The Morgan fingerprint density at radius 1 is 0.736 bits per heavy atom. The Hall–Kier alpha value is -3.11. The zero-order chi connectivity index (χ0) is 37.8. The van der Waals surface area contributed by atoms with Crippen LogP contribution in [0.1, 0.15) is 59.6 Å². The number of carbonyl (C=O) groups is 1. The number of para-hydroxylation sites is 2. The maximum Gasteiger partial charge on any atom is 0.407 e. The highest BCUT2D eigenvalue weighted by molar-refractivity contribution is 7.90. The molecule has 0 saturated carbocycles. The smallest absolute Gasteiger partial charge is 0.407 e. The molecule has 0 aliphatic heterocycles. The van der Waals surface area contributed by atoms with E-state index in [2.05, 4.69) is 15.3 Å². The predicted octanol–water partition coefficient (Wildman–Crippen LogP) is 6.21. The van der Waals surface area contributed by atoms with Crippen molar-refractivity contribution in [1.82, 2.24) is 15.3 Å². The van der Waals surface area contributed by atoms with Crippen LogP contribution in [0.2, 0.25) is 0 Å². The van der Waals surface area contributed by atoms with Gasteiger partial charge in [-0.25, -0.2) is 21.6 Å². The van der Waals surface area contributed by atoms with Gasteiger partial charge in [0, 0.05) is 29.2 Å². The van der Waals surface area contributed by atoms with Crippen LogP contribution >= 0.6 is 24.8 Å². The topological polar surface area (TPSA) is 177 Å². The molecule has 0 unspecified atom stereocenters. The van der Waals surface area contributed by atoms with E-state index >= 15 is 0 Å². The number of nitrogens with two attached hydrogens (primary N) is 1. The Labute approximate surface area is 326 Å². The highest BCUT2D eigenvalue weighted by Gasteiger charge is 2.25. The van der Waals surface area contributed by atoms with E-state index < -0.39 is 43.5 Å². The molecule has 0 aliphatic rings. The van der Waals surface area contributed by atoms with Crippen molar-refractivity contribution in [1.29, 1.82) is 0 Å². The van der Waals surface area contributed by atoms with Crippen LogP contribution < -0.4 is 11.1 Å². The van der Waals surface area contributed by atoms with Crippen LogP contribution in [0.15, 0.2) is 73.1 Å². The summed E-state index contributed by atoms with van der Waals surface area (Å²) < 4.78 is 66.2. The molecule has 12 nitrogen and oxygen atoms in total. The molecule has 53 heavy (non-hydrogen) atoms. The molecular weight excluding hydrogens is 763 g/mol. The summed E-state index contributed by atoms with van der Waals surface area (Å²) in [4.78, 5) is 20.7. The van der Waals surface area contributed by atoms with Crippen molar-refractivity contribution in [2.45, 2.75) is 89.9 Å². The van der Waals surface area contributed by atoms with E-state index in [1.807, 2.05) is 88.4 Å². The van der Waals surface area contributed by atoms with E-state index in [-0.39, 0.29) is 73.2 Å². The fourth-order valence-corrected chi connectivity index (χ4v) is 8.04. The number of fused-ring (bicyclic) bond motifs is 2. The van der Waals surface area contributed by atoms with Crippen LogP contribution in [0.25, 0.3) is 21.8 Å². The first-order valence-electron chi connectivity index (χ1n) is 16.9. The molecule has 1 amide bonds. The normalized spacial score (nSPS) is 13.0. The Morgan fingerprint density at radius 2 is 1.17 bits per heavy atom. The molecule has 2 aromatic carbocycles. The summed E-state index contributed by atoms with van der Waals surface area (Å²) >= 11 is 0. The molecule has 2 aromatic heterocycles. The van der Waals surface area contributed by atoms with Crippen molar-refractivity contribution in [3.05, 3.63) is 84.2 Å². The number of sulfone groups is 2. The molecule has 16 heteroatoms.